The second-order valence-electron chi connectivity index (χ2n) is 6.43. The van der Waals surface area contributed by atoms with Crippen molar-refractivity contribution < 1.29 is 4.74 Å². The molecule has 3 rings (SSSR count). The van der Waals surface area contributed by atoms with E-state index in [1.54, 1.807) is 6.20 Å². The van der Waals surface area contributed by atoms with Gasteiger partial charge in [-0.2, -0.15) is 0 Å². The number of nitrogens with one attached hydrogen (secondary N) is 1. The van der Waals surface area contributed by atoms with Crippen LogP contribution in [0.25, 0.3) is 0 Å². The van der Waals surface area contributed by atoms with Crippen molar-refractivity contribution in [3.8, 4) is 5.75 Å². The molecule has 0 saturated carbocycles. The lowest BCUT2D eigenvalue weighted by molar-refractivity contribution is 0.233. The van der Waals surface area contributed by atoms with Crippen LogP contribution in [0.4, 0.5) is 0 Å². The van der Waals surface area contributed by atoms with Crippen molar-refractivity contribution in [2.45, 2.75) is 26.3 Å². The molecule has 2 heterocycles. The maximum Gasteiger partial charge on any atom is 0.137 e. The fourth-order valence-electron chi connectivity index (χ4n) is 2.94. The molecule has 0 spiro atoms. The molecule has 0 amide bonds. The van der Waals surface area contributed by atoms with Crippen LogP contribution in [0.2, 0.25) is 0 Å². The minimum Gasteiger partial charge on any atom is -0.492 e. The van der Waals surface area contributed by atoms with E-state index < -0.39 is 0 Å². The van der Waals surface area contributed by atoms with E-state index in [0.717, 1.165) is 63.6 Å². The van der Waals surface area contributed by atoms with E-state index in [4.69, 9.17) is 4.74 Å². The number of aromatic nitrogens is 1. The molecule has 24 heavy (non-hydrogen) atoms. The maximum absolute atomic E-state index is 5.73. The first-order valence-electron chi connectivity index (χ1n) is 8.86. The summed E-state index contributed by atoms with van der Waals surface area (Å²) in [5.74, 6) is 0.854. The van der Waals surface area contributed by atoms with Crippen molar-refractivity contribution in [1.82, 2.24) is 15.2 Å². The van der Waals surface area contributed by atoms with Gasteiger partial charge in [-0.15, -0.1) is 0 Å². The van der Waals surface area contributed by atoms with Crippen molar-refractivity contribution >= 4 is 0 Å². The summed E-state index contributed by atoms with van der Waals surface area (Å²) in [4.78, 5) is 6.75. The molecule has 1 saturated heterocycles. The molecule has 0 unspecified atom stereocenters. The van der Waals surface area contributed by atoms with Crippen LogP contribution in [0, 0.1) is 6.92 Å². The zero-order valence-electron chi connectivity index (χ0n) is 14.5. The van der Waals surface area contributed by atoms with E-state index in [1.165, 1.54) is 11.1 Å². The molecule has 0 bridgehead atoms. The number of benzene rings is 1. The van der Waals surface area contributed by atoms with Gasteiger partial charge in [0.25, 0.3) is 0 Å². The Kier molecular flexibility index (Phi) is 6.21. The van der Waals surface area contributed by atoms with E-state index in [9.17, 15) is 0 Å². The fraction of sp³-hybridized carbons (Fsp3) is 0.450. The SMILES string of the molecule is Cc1ccc(OCCCc2ccc(CN3CCNCC3)cc2)cn1. The highest BCUT2D eigenvalue weighted by Crippen LogP contribution is 2.12. The van der Waals surface area contributed by atoms with Gasteiger partial charge in [0, 0.05) is 38.4 Å². The van der Waals surface area contributed by atoms with E-state index in [2.05, 4.69) is 39.5 Å². The predicted molar refractivity (Wildman–Crippen MR) is 97.4 cm³/mol. The first kappa shape index (κ1) is 16.9. The highest BCUT2D eigenvalue weighted by Gasteiger charge is 2.09. The standard InChI is InChI=1S/C20H27N3O/c1-17-4-9-20(15-22-17)24-14-2-3-18-5-7-19(8-6-18)16-23-12-10-21-11-13-23/h4-9,15,21H,2-3,10-14,16H2,1H3. The molecule has 0 atom stereocenters. The molecule has 1 aliphatic rings. The largest absolute Gasteiger partial charge is 0.492 e. The van der Waals surface area contributed by atoms with Crippen LogP contribution in [0.15, 0.2) is 42.6 Å². The van der Waals surface area contributed by atoms with Gasteiger partial charge in [0.15, 0.2) is 0 Å². The van der Waals surface area contributed by atoms with Crippen LogP contribution >= 0.6 is 0 Å². The molecule has 1 fully saturated rings. The van der Waals surface area contributed by atoms with Gasteiger partial charge in [0.05, 0.1) is 12.8 Å². The van der Waals surface area contributed by atoms with Crippen LogP contribution in [0.5, 0.6) is 5.75 Å². The lowest BCUT2D eigenvalue weighted by Crippen LogP contribution is -2.42. The zero-order chi connectivity index (χ0) is 16.6. The van der Waals surface area contributed by atoms with Crippen LogP contribution in [-0.2, 0) is 13.0 Å². The molecule has 4 nitrogen and oxygen atoms in total. The molecule has 1 aliphatic heterocycles. The van der Waals surface area contributed by atoms with Gasteiger partial charge < -0.3 is 10.1 Å². The topological polar surface area (TPSA) is 37.4 Å². The number of hydrogen-bond acceptors (Lipinski definition) is 4. The van der Waals surface area contributed by atoms with Crippen molar-refractivity contribution in [3.63, 3.8) is 0 Å². The Morgan fingerprint density at radius 2 is 1.79 bits per heavy atom. The normalized spacial score (nSPS) is 15.4. The summed E-state index contributed by atoms with van der Waals surface area (Å²) in [6.07, 6.45) is 3.86. The lowest BCUT2D eigenvalue weighted by Gasteiger charge is -2.27. The number of ether oxygens (including phenoxy) is 1. The lowest BCUT2D eigenvalue weighted by atomic mass is 10.1. The highest BCUT2D eigenvalue weighted by atomic mass is 16.5. The minimum absolute atomic E-state index is 0.729. The molecule has 1 N–H and O–H groups in total. The van der Waals surface area contributed by atoms with E-state index in [0.29, 0.717) is 0 Å². The monoisotopic (exact) mass is 325 g/mol. The Bertz CT molecular complexity index is 604. The Balaban J connectivity index is 1.38. The molecule has 1 aromatic carbocycles. The van der Waals surface area contributed by atoms with Gasteiger partial charge in [-0.1, -0.05) is 24.3 Å². The second-order valence-corrected chi connectivity index (χ2v) is 6.43. The van der Waals surface area contributed by atoms with Gasteiger partial charge in [-0.25, -0.2) is 0 Å². The second kappa shape index (κ2) is 8.81. The van der Waals surface area contributed by atoms with Crippen molar-refractivity contribution in [2.75, 3.05) is 32.8 Å². The van der Waals surface area contributed by atoms with Gasteiger partial charge in [-0.05, 0) is 43.0 Å². The Labute approximate surface area is 144 Å². The van der Waals surface area contributed by atoms with Crippen molar-refractivity contribution in [2.24, 2.45) is 0 Å². The molecule has 2 aromatic rings. The predicted octanol–water partition coefficient (Wildman–Crippen LogP) is 2.81. The molecular formula is C20H27N3O. The fourth-order valence-corrected chi connectivity index (χ4v) is 2.94. The average molecular weight is 325 g/mol. The Morgan fingerprint density at radius 3 is 2.50 bits per heavy atom. The Morgan fingerprint density at radius 1 is 1.04 bits per heavy atom. The first-order chi connectivity index (χ1) is 11.8. The number of aryl methyl sites for hydroxylation is 2. The summed E-state index contributed by atoms with van der Waals surface area (Å²) < 4.78 is 5.73. The molecule has 0 aliphatic carbocycles. The van der Waals surface area contributed by atoms with E-state index >= 15 is 0 Å². The van der Waals surface area contributed by atoms with E-state index in [1.807, 2.05) is 19.1 Å². The first-order valence-corrected chi connectivity index (χ1v) is 8.86. The van der Waals surface area contributed by atoms with Gasteiger partial charge >= 0.3 is 0 Å². The summed E-state index contributed by atoms with van der Waals surface area (Å²) in [6, 6.07) is 13.0. The Hall–Kier alpha value is -1.91. The molecular weight excluding hydrogens is 298 g/mol. The summed E-state index contributed by atoms with van der Waals surface area (Å²) in [5.41, 5.74) is 3.80. The molecule has 4 heteroatoms. The summed E-state index contributed by atoms with van der Waals surface area (Å²) in [6.45, 7) is 8.28. The summed E-state index contributed by atoms with van der Waals surface area (Å²) in [7, 11) is 0. The van der Waals surface area contributed by atoms with Crippen molar-refractivity contribution in [3.05, 3.63) is 59.4 Å². The van der Waals surface area contributed by atoms with Crippen molar-refractivity contribution in [1.29, 1.82) is 0 Å². The number of pyridine rings is 1. The summed E-state index contributed by atoms with van der Waals surface area (Å²) in [5, 5.41) is 3.40. The third-order valence-electron chi connectivity index (χ3n) is 4.40. The third kappa shape index (κ3) is 5.32. The number of rotatable bonds is 7. The number of nitrogens with zero attached hydrogens (tertiary/aromatic N) is 2. The quantitative estimate of drug-likeness (QED) is 0.794. The smallest absolute Gasteiger partial charge is 0.137 e. The van der Waals surface area contributed by atoms with Gasteiger partial charge in [-0.3, -0.25) is 9.88 Å². The number of hydrogen-bond donors (Lipinski definition) is 1. The summed E-state index contributed by atoms with van der Waals surface area (Å²) >= 11 is 0. The maximum atomic E-state index is 5.73. The van der Waals surface area contributed by atoms with Gasteiger partial charge in [0.2, 0.25) is 0 Å². The minimum atomic E-state index is 0.729. The van der Waals surface area contributed by atoms with Crippen LogP contribution in [0.1, 0.15) is 23.2 Å². The van der Waals surface area contributed by atoms with E-state index in [-0.39, 0.29) is 0 Å². The molecule has 1 aromatic heterocycles. The number of piperazine rings is 1. The molecule has 0 radical (unpaired) electrons. The molecule has 128 valence electrons. The third-order valence-corrected chi connectivity index (χ3v) is 4.40. The average Bonchev–Trinajstić information content (AvgIpc) is 2.62. The zero-order valence-corrected chi connectivity index (χ0v) is 14.5. The van der Waals surface area contributed by atoms with Crippen LogP contribution in [-0.4, -0.2) is 42.7 Å². The van der Waals surface area contributed by atoms with Crippen LogP contribution < -0.4 is 10.1 Å². The van der Waals surface area contributed by atoms with Gasteiger partial charge in [0.1, 0.15) is 5.75 Å². The van der Waals surface area contributed by atoms with Crippen LogP contribution in [0.3, 0.4) is 0 Å². The highest BCUT2D eigenvalue weighted by molar-refractivity contribution is 5.23.